The molecule has 32 heavy (non-hydrogen) atoms. The quantitative estimate of drug-likeness (QED) is 0.559. The van der Waals surface area contributed by atoms with Gasteiger partial charge in [0.2, 0.25) is 5.91 Å². The summed E-state index contributed by atoms with van der Waals surface area (Å²) in [6.45, 7) is 4.37. The molecule has 0 unspecified atom stereocenters. The molecule has 0 spiro atoms. The molecule has 1 aliphatic rings. The highest BCUT2D eigenvalue weighted by molar-refractivity contribution is 7.12. The van der Waals surface area contributed by atoms with Crippen LogP contribution in [0.5, 0.6) is 0 Å². The van der Waals surface area contributed by atoms with Crippen LogP contribution in [0.25, 0.3) is 0 Å². The number of nitrogens with one attached hydrogen (secondary N) is 2. The van der Waals surface area contributed by atoms with E-state index in [4.69, 9.17) is 4.42 Å². The summed E-state index contributed by atoms with van der Waals surface area (Å²) >= 11 is 1.32. The van der Waals surface area contributed by atoms with Gasteiger partial charge in [0.25, 0.3) is 11.8 Å². The van der Waals surface area contributed by atoms with E-state index in [1.807, 2.05) is 5.38 Å². The maximum atomic E-state index is 13.4. The fraction of sp³-hybridized carbons (Fsp3) is 0.542. The number of hydrogen-bond acceptors (Lipinski definition) is 5. The number of furan rings is 1. The highest BCUT2D eigenvalue weighted by atomic mass is 32.1. The zero-order chi connectivity index (χ0) is 22.9. The van der Waals surface area contributed by atoms with E-state index in [0.717, 1.165) is 32.1 Å². The maximum Gasteiger partial charge on any atom is 0.261 e. The van der Waals surface area contributed by atoms with Crippen molar-refractivity contribution in [3.8, 4) is 0 Å². The van der Waals surface area contributed by atoms with E-state index in [1.54, 1.807) is 29.2 Å². The first kappa shape index (κ1) is 24.0. The van der Waals surface area contributed by atoms with Crippen molar-refractivity contribution in [2.45, 2.75) is 64.5 Å². The Morgan fingerprint density at radius 1 is 1.16 bits per heavy atom. The summed E-state index contributed by atoms with van der Waals surface area (Å²) in [7, 11) is 0. The number of nitrogens with zero attached hydrogens (tertiary/aromatic N) is 1. The SMILES string of the molecule is CC(C)CCN(C(=O)CNC(=O)c1cccs1)[C@@H](C(=O)NC1CCCCC1)c1ccco1. The Morgan fingerprint density at radius 3 is 2.56 bits per heavy atom. The lowest BCUT2D eigenvalue weighted by molar-refractivity contribution is -0.141. The number of amides is 3. The number of carbonyl (C=O) groups is 3. The Kier molecular flexibility index (Phi) is 8.90. The van der Waals surface area contributed by atoms with Gasteiger partial charge in [-0.1, -0.05) is 39.2 Å². The molecule has 1 fully saturated rings. The van der Waals surface area contributed by atoms with Gasteiger partial charge in [-0.15, -0.1) is 11.3 Å². The van der Waals surface area contributed by atoms with Gasteiger partial charge in [0.15, 0.2) is 6.04 Å². The van der Waals surface area contributed by atoms with Gasteiger partial charge in [0.1, 0.15) is 5.76 Å². The van der Waals surface area contributed by atoms with Crippen molar-refractivity contribution in [1.29, 1.82) is 0 Å². The third kappa shape index (κ3) is 6.69. The van der Waals surface area contributed by atoms with Crippen molar-refractivity contribution in [1.82, 2.24) is 15.5 Å². The number of hydrogen-bond donors (Lipinski definition) is 2. The van der Waals surface area contributed by atoms with Crippen molar-refractivity contribution in [3.63, 3.8) is 0 Å². The van der Waals surface area contributed by atoms with Gasteiger partial charge < -0.3 is 20.0 Å². The fourth-order valence-electron chi connectivity index (χ4n) is 3.95. The smallest absolute Gasteiger partial charge is 0.261 e. The van der Waals surface area contributed by atoms with Crippen LogP contribution in [-0.2, 0) is 9.59 Å². The van der Waals surface area contributed by atoms with Crippen molar-refractivity contribution < 1.29 is 18.8 Å². The average molecular weight is 460 g/mol. The first-order valence-corrected chi connectivity index (χ1v) is 12.3. The van der Waals surface area contributed by atoms with E-state index in [-0.39, 0.29) is 30.3 Å². The Bertz CT molecular complexity index is 858. The second-order valence-electron chi connectivity index (χ2n) is 8.69. The van der Waals surface area contributed by atoms with Crippen LogP contribution in [0.3, 0.4) is 0 Å². The molecule has 2 aromatic rings. The molecule has 174 valence electrons. The van der Waals surface area contributed by atoms with Gasteiger partial charge in [-0.05, 0) is 48.8 Å². The highest BCUT2D eigenvalue weighted by Gasteiger charge is 2.34. The molecule has 1 atom stereocenters. The molecule has 1 aliphatic carbocycles. The second kappa shape index (κ2) is 11.9. The van der Waals surface area contributed by atoms with Gasteiger partial charge in [-0.2, -0.15) is 0 Å². The predicted octanol–water partition coefficient (Wildman–Crippen LogP) is 4.14. The third-order valence-corrected chi connectivity index (χ3v) is 6.61. The molecular formula is C24H33N3O4S. The molecule has 3 amide bonds. The molecule has 3 rings (SSSR count). The normalized spacial score (nSPS) is 15.3. The molecule has 0 aromatic carbocycles. The second-order valence-corrected chi connectivity index (χ2v) is 9.64. The molecular weight excluding hydrogens is 426 g/mol. The lowest BCUT2D eigenvalue weighted by atomic mass is 9.95. The molecule has 1 saturated carbocycles. The first-order chi connectivity index (χ1) is 15.5. The highest BCUT2D eigenvalue weighted by Crippen LogP contribution is 2.25. The molecule has 0 saturated heterocycles. The van der Waals surface area contributed by atoms with Crippen LogP contribution in [0.15, 0.2) is 40.3 Å². The zero-order valence-electron chi connectivity index (χ0n) is 18.8. The number of carbonyl (C=O) groups excluding carboxylic acids is 3. The van der Waals surface area contributed by atoms with E-state index >= 15 is 0 Å². The monoisotopic (exact) mass is 459 g/mol. The summed E-state index contributed by atoms with van der Waals surface area (Å²) < 4.78 is 5.59. The molecule has 2 N–H and O–H groups in total. The van der Waals surface area contributed by atoms with Crippen LogP contribution in [0.2, 0.25) is 0 Å². The lowest BCUT2D eigenvalue weighted by Gasteiger charge is -2.32. The third-order valence-electron chi connectivity index (χ3n) is 5.74. The van der Waals surface area contributed by atoms with Gasteiger partial charge in [0, 0.05) is 12.6 Å². The first-order valence-electron chi connectivity index (χ1n) is 11.4. The van der Waals surface area contributed by atoms with E-state index in [9.17, 15) is 14.4 Å². The van der Waals surface area contributed by atoms with Crippen molar-refractivity contribution in [2.24, 2.45) is 5.92 Å². The molecule has 0 radical (unpaired) electrons. The molecule has 2 heterocycles. The van der Waals surface area contributed by atoms with Crippen LogP contribution in [0.4, 0.5) is 0 Å². The van der Waals surface area contributed by atoms with Crippen LogP contribution >= 0.6 is 11.3 Å². The Balaban J connectivity index is 1.76. The fourth-order valence-corrected chi connectivity index (χ4v) is 4.59. The largest absolute Gasteiger partial charge is 0.467 e. The van der Waals surface area contributed by atoms with Crippen LogP contribution in [0, 0.1) is 5.92 Å². The van der Waals surface area contributed by atoms with Crippen LogP contribution in [-0.4, -0.2) is 41.8 Å². The van der Waals surface area contributed by atoms with Crippen molar-refractivity contribution in [3.05, 3.63) is 46.5 Å². The van der Waals surface area contributed by atoms with E-state index in [1.165, 1.54) is 24.0 Å². The summed E-state index contributed by atoms with van der Waals surface area (Å²) in [5.41, 5.74) is 0. The van der Waals surface area contributed by atoms with Crippen LogP contribution < -0.4 is 10.6 Å². The number of thiophene rings is 1. The summed E-state index contributed by atoms with van der Waals surface area (Å²) in [5, 5.41) is 7.64. The zero-order valence-corrected chi connectivity index (χ0v) is 19.7. The standard InChI is InChI=1S/C24H33N3O4S/c1-17(2)12-13-27(21(28)16-25-23(29)20-11-7-15-32-20)22(19-10-6-14-31-19)24(30)26-18-8-4-3-5-9-18/h6-7,10-11,14-15,17-18,22H,3-5,8-9,12-13,16H2,1-2H3,(H,25,29)(H,26,30)/t22-/m1/s1. The minimum Gasteiger partial charge on any atom is -0.467 e. The van der Waals surface area contributed by atoms with Crippen LogP contribution in [0.1, 0.15) is 73.8 Å². The molecule has 8 heteroatoms. The lowest BCUT2D eigenvalue weighted by Crippen LogP contribution is -2.49. The van der Waals surface area contributed by atoms with Gasteiger partial charge in [0.05, 0.1) is 17.7 Å². The Labute approximate surface area is 193 Å². The minimum atomic E-state index is -0.864. The minimum absolute atomic E-state index is 0.120. The molecule has 0 bridgehead atoms. The van der Waals surface area contributed by atoms with Gasteiger partial charge >= 0.3 is 0 Å². The van der Waals surface area contributed by atoms with Gasteiger partial charge in [-0.3, -0.25) is 14.4 Å². The summed E-state index contributed by atoms with van der Waals surface area (Å²) in [6.07, 6.45) is 7.54. The number of rotatable bonds is 10. The van der Waals surface area contributed by atoms with Gasteiger partial charge in [-0.25, -0.2) is 0 Å². The molecule has 7 nitrogen and oxygen atoms in total. The summed E-state index contributed by atoms with van der Waals surface area (Å²) in [4.78, 5) is 41.0. The van der Waals surface area contributed by atoms with Crippen molar-refractivity contribution in [2.75, 3.05) is 13.1 Å². The summed E-state index contributed by atoms with van der Waals surface area (Å²) in [6, 6.07) is 6.21. The van der Waals surface area contributed by atoms with E-state index < -0.39 is 6.04 Å². The van der Waals surface area contributed by atoms with E-state index in [0.29, 0.717) is 23.1 Å². The van der Waals surface area contributed by atoms with E-state index in [2.05, 4.69) is 24.5 Å². The Morgan fingerprint density at radius 2 is 1.94 bits per heavy atom. The molecule has 2 aromatic heterocycles. The Hall–Kier alpha value is -2.61. The summed E-state index contributed by atoms with van der Waals surface area (Å²) in [5.74, 6) is -0.0488. The predicted molar refractivity (Wildman–Crippen MR) is 124 cm³/mol. The maximum absolute atomic E-state index is 13.4. The molecule has 0 aliphatic heterocycles. The average Bonchev–Trinajstić information content (AvgIpc) is 3.49. The topological polar surface area (TPSA) is 91.7 Å². The van der Waals surface area contributed by atoms with Crippen molar-refractivity contribution >= 4 is 29.1 Å².